The van der Waals surface area contributed by atoms with Gasteiger partial charge in [0.1, 0.15) is 11.6 Å². The lowest BCUT2D eigenvalue weighted by Crippen LogP contribution is -2.29. The van der Waals surface area contributed by atoms with Crippen LogP contribution in [0.4, 0.5) is 4.39 Å². The van der Waals surface area contributed by atoms with Crippen LogP contribution in [0.25, 0.3) is 0 Å². The van der Waals surface area contributed by atoms with E-state index in [1.165, 1.54) is 30.8 Å². The van der Waals surface area contributed by atoms with Crippen LogP contribution < -0.4 is 16.0 Å². The van der Waals surface area contributed by atoms with E-state index in [0.29, 0.717) is 11.3 Å². The van der Waals surface area contributed by atoms with Gasteiger partial charge in [-0.3, -0.25) is 5.84 Å². The molecule has 0 aliphatic heterocycles. The SMILES string of the molecule is COc1ccc(F)cc1C(NN)c1snnc1C. The van der Waals surface area contributed by atoms with E-state index in [0.717, 1.165) is 10.6 Å². The maximum Gasteiger partial charge on any atom is 0.124 e. The van der Waals surface area contributed by atoms with Crippen LogP contribution in [0, 0.1) is 12.7 Å². The van der Waals surface area contributed by atoms with E-state index >= 15 is 0 Å². The van der Waals surface area contributed by atoms with Crippen LogP contribution in [0.3, 0.4) is 0 Å². The van der Waals surface area contributed by atoms with Gasteiger partial charge in [0.15, 0.2) is 0 Å². The molecule has 3 N–H and O–H groups in total. The summed E-state index contributed by atoms with van der Waals surface area (Å²) in [6, 6.07) is 3.91. The summed E-state index contributed by atoms with van der Waals surface area (Å²) in [6.45, 7) is 1.83. The molecule has 96 valence electrons. The maximum absolute atomic E-state index is 13.4. The predicted octanol–water partition coefficient (Wildman–Crippen LogP) is 1.55. The molecule has 0 spiro atoms. The van der Waals surface area contributed by atoms with E-state index in [1.807, 2.05) is 6.92 Å². The Morgan fingerprint density at radius 3 is 2.83 bits per heavy atom. The fourth-order valence-electron chi connectivity index (χ4n) is 1.74. The number of ether oxygens (including phenoxy) is 1. The Labute approximate surface area is 108 Å². The van der Waals surface area contributed by atoms with Gasteiger partial charge in [0, 0.05) is 5.56 Å². The molecule has 1 atom stereocenters. The molecule has 1 unspecified atom stereocenters. The van der Waals surface area contributed by atoms with Crippen molar-refractivity contribution in [3.05, 3.63) is 40.2 Å². The minimum atomic E-state index is -0.393. The number of benzene rings is 1. The molecule has 0 fully saturated rings. The smallest absolute Gasteiger partial charge is 0.124 e. The second-order valence-electron chi connectivity index (χ2n) is 3.71. The van der Waals surface area contributed by atoms with E-state index < -0.39 is 6.04 Å². The van der Waals surface area contributed by atoms with E-state index in [4.69, 9.17) is 10.6 Å². The van der Waals surface area contributed by atoms with Gasteiger partial charge in [-0.25, -0.2) is 9.82 Å². The highest BCUT2D eigenvalue weighted by molar-refractivity contribution is 7.05. The molecule has 0 bridgehead atoms. The summed E-state index contributed by atoms with van der Waals surface area (Å²) >= 11 is 1.22. The number of nitrogens with zero attached hydrogens (tertiary/aromatic N) is 2. The van der Waals surface area contributed by atoms with Crippen LogP contribution in [0.5, 0.6) is 5.75 Å². The molecule has 2 rings (SSSR count). The number of hydrogen-bond acceptors (Lipinski definition) is 6. The molecule has 1 aromatic carbocycles. The molecular weight excluding hydrogens is 255 g/mol. The van der Waals surface area contributed by atoms with Crippen LogP contribution >= 0.6 is 11.5 Å². The molecular formula is C11H13FN4OS. The van der Waals surface area contributed by atoms with Crippen molar-refractivity contribution in [1.82, 2.24) is 15.0 Å². The maximum atomic E-state index is 13.4. The highest BCUT2D eigenvalue weighted by Gasteiger charge is 2.22. The Hall–Kier alpha value is -1.57. The second-order valence-corrected chi connectivity index (χ2v) is 4.49. The summed E-state index contributed by atoms with van der Waals surface area (Å²) in [7, 11) is 1.53. The molecule has 0 aliphatic rings. The van der Waals surface area contributed by atoms with Crippen molar-refractivity contribution in [1.29, 1.82) is 0 Å². The Morgan fingerprint density at radius 2 is 2.28 bits per heavy atom. The van der Waals surface area contributed by atoms with Crippen LogP contribution in [0.2, 0.25) is 0 Å². The largest absolute Gasteiger partial charge is 0.496 e. The van der Waals surface area contributed by atoms with Crippen molar-refractivity contribution in [2.45, 2.75) is 13.0 Å². The summed E-state index contributed by atoms with van der Waals surface area (Å²) in [5, 5.41) is 3.93. The molecule has 0 amide bonds. The van der Waals surface area contributed by atoms with Crippen LogP contribution in [-0.2, 0) is 0 Å². The van der Waals surface area contributed by atoms with Gasteiger partial charge in [0.05, 0.1) is 23.7 Å². The molecule has 0 saturated carbocycles. The Bertz CT molecular complexity index is 546. The predicted molar refractivity (Wildman–Crippen MR) is 66.8 cm³/mol. The van der Waals surface area contributed by atoms with Gasteiger partial charge in [0.25, 0.3) is 0 Å². The van der Waals surface area contributed by atoms with Crippen molar-refractivity contribution < 1.29 is 9.13 Å². The molecule has 1 heterocycles. The fraction of sp³-hybridized carbons (Fsp3) is 0.273. The van der Waals surface area contributed by atoms with Crippen molar-refractivity contribution in [2.24, 2.45) is 5.84 Å². The number of nitrogens with two attached hydrogens (primary N) is 1. The lowest BCUT2D eigenvalue weighted by molar-refractivity contribution is 0.403. The van der Waals surface area contributed by atoms with Crippen LogP contribution in [0.1, 0.15) is 22.2 Å². The molecule has 1 aromatic heterocycles. The van der Waals surface area contributed by atoms with Gasteiger partial charge in [-0.1, -0.05) is 4.49 Å². The topological polar surface area (TPSA) is 73.1 Å². The van der Waals surface area contributed by atoms with Crippen molar-refractivity contribution in [2.75, 3.05) is 7.11 Å². The first-order valence-electron chi connectivity index (χ1n) is 5.25. The molecule has 0 radical (unpaired) electrons. The van der Waals surface area contributed by atoms with Crippen molar-refractivity contribution in [3.63, 3.8) is 0 Å². The van der Waals surface area contributed by atoms with Crippen molar-refractivity contribution >= 4 is 11.5 Å². The second kappa shape index (κ2) is 5.38. The third-order valence-electron chi connectivity index (χ3n) is 2.62. The number of aryl methyl sites for hydroxylation is 1. The van der Waals surface area contributed by atoms with Gasteiger partial charge in [-0.2, -0.15) is 0 Å². The third kappa shape index (κ3) is 2.33. The zero-order chi connectivity index (χ0) is 13.1. The Morgan fingerprint density at radius 1 is 1.50 bits per heavy atom. The molecule has 18 heavy (non-hydrogen) atoms. The zero-order valence-electron chi connectivity index (χ0n) is 9.98. The first-order chi connectivity index (χ1) is 8.67. The van der Waals surface area contributed by atoms with Gasteiger partial charge in [-0.15, -0.1) is 5.10 Å². The Kier molecular flexibility index (Phi) is 3.85. The molecule has 0 aliphatic carbocycles. The summed E-state index contributed by atoms with van der Waals surface area (Å²) < 4.78 is 22.4. The number of nitrogens with one attached hydrogen (secondary N) is 1. The lowest BCUT2D eigenvalue weighted by atomic mass is 10.0. The standard InChI is InChI=1S/C11H13FN4OS/c1-6-11(18-16-15-6)10(14-13)8-5-7(12)3-4-9(8)17-2/h3-5,10,14H,13H2,1-2H3. The average molecular weight is 268 g/mol. The number of rotatable bonds is 4. The van der Waals surface area contributed by atoms with Crippen LogP contribution in [-0.4, -0.2) is 16.7 Å². The van der Waals surface area contributed by atoms with Gasteiger partial charge in [-0.05, 0) is 36.7 Å². The van der Waals surface area contributed by atoms with E-state index in [-0.39, 0.29) is 5.82 Å². The number of hydrazine groups is 1. The van der Waals surface area contributed by atoms with E-state index in [1.54, 1.807) is 6.07 Å². The van der Waals surface area contributed by atoms with E-state index in [9.17, 15) is 4.39 Å². The number of methoxy groups -OCH3 is 1. The summed E-state index contributed by atoms with van der Waals surface area (Å²) in [4.78, 5) is 0.835. The minimum Gasteiger partial charge on any atom is -0.496 e. The Balaban J connectivity index is 2.51. The monoisotopic (exact) mass is 268 g/mol. The first-order valence-corrected chi connectivity index (χ1v) is 6.03. The normalized spacial score (nSPS) is 12.4. The van der Waals surface area contributed by atoms with Gasteiger partial charge < -0.3 is 4.74 Å². The number of hydrogen-bond donors (Lipinski definition) is 2. The number of aromatic nitrogens is 2. The molecule has 7 heteroatoms. The minimum absolute atomic E-state index is 0.346. The fourth-order valence-corrected chi connectivity index (χ4v) is 2.46. The first kappa shape index (κ1) is 12.9. The summed E-state index contributed by atoms with van der Waals surface area (Å²) in [5.41, 5.74) is 4.03. The molecule has 2 aromatic rings. The highest BCUT2D eigenvalue weighted by atomic mass is 32.1. The third-order valence-corrected chi connectivity index (χ3v) is 3.51. The van der Waals surface area contributed by atoms with Crippen LogP contribution in [0.15, 0.2) is 18.2 Å². The van der Waals surface area contributed by atoms with E-state index in [2.05, 4.69) is 15.0 Å². The highest BCUT2D eigenvalue weighted by Crippen LogP contribution is 2.32. The molecule has 5 nitrogen and oxygen atoms in total. The summed E-state index contributed by atoms with van der Waals surface area (Å²) in [6.07, 6.45) is 0. The average Bonchev–Trinajstić information content (AvgIpc) is 2.77. The summed E-state index contributed by atoms with van der Waals surface area (Å²) in [5.74, 6) is 5.78. The number of halogens is 1. The zero-order valence-corrected chi connectivity index (χ0v) is 10.8. The molecule has 0 saturated heterocycles. The van der Waals surface area contributed by atoms with Crippen molar-refractivity contribution in [3.8, 4) is 5.75 Å². The van der Waals surface area contributed by atoms with Gasteiger partial charge in [0.2, 0.25) is 0 Å². The quantitative estimate of drug-likeness (QED) is 0.650. The lowest BCUT2D eigenvalue weighted by Gasteiger charge is -2.17. The van der Waals surface area contributed by atoms with Gasteiger partial charge >= 0.3 is 0 Å².